The largest absolute Gasteiger partial charge is 0.418 e. The minimum Gasteiger partial charge on any atom is -0.380 e. The van der Waals surface area contributed by atoms with E-state index in [-0.39, 0.29) is 40.8 Å². The molecule has 0 saturated carbocycles. The number of hydrogen-bond donors (Lipinski definition) is 1. The van der Waals surface area contributed by atoms with Gasteiger partial charge in [0.2, 0.25) is 10.0 Å². The van der Waals surface area contributed by atoms with E-state index in [1.165, 1.54) is 21.3 Å². The molecule has 1 aliphatic heterocycles. The van der Waals surface area contributed by atoms with Crippen molar-refractivity contribution in [2.24, 2.45) is 0 Å². The maximum Gasteiger partial charge on any atom is 0.418 e. The standard InChI is InChI=1S/C22H26ClF4N3O2S/c1-14-13-29(19-7-5-15(24)11-17(19)22(25,26)27)9-10-30(14)33(31,32)20-8-6-16(12-18(20)23)28-21(2,3)4/h5-8,11-12,14,28H,9-10,13H2,1-4H3/t14-/m1/s1. The topological polar surface area (TPSA) is 52.7 Å². The summed E-state index contributed by atoms with van der Waals surface area (Å²) in [6.45, 7) is 7.46. The zero-order valence-corrected chi connectivity index (χ0v) is 20.2. The van der Waals surface area contributed by atoms with Gasteiger partial charge in [-0.15, -0.1) is 0 Å². The number of nitrogens with zero attached hydrogens (tertiary/aromatic N) is 2. The lowest BCUT2D eigenvalue weighted by Gasteiger charge is -2.41. The van der Waals surface area contributed by atoms with Crippen LogP contribution in [0.2, 0.25) is 5.02 Å². The van der Waals surface area contributed by atoms with Crippen molar-refractivity contribution in [1.29, 1.82) is 0 Å². The maximum absolute atomic E-state index is 13.5. The van der Waals surface area contributed by atoms with E-state index in [1.807, 2.05) is 20.8 Å². The molecule has 33 heavy (non-hydrogen) atoms. The molecule has 1 fully saturated rings. The Morgan fingerprint density at radius 1 is 1.06 bits per heavy atom. The molecule has 2 aromatic rings. The molecule has 1 atom stereocenters. The lowest BCUT2D eigenvalue weighted by Crippen LogP contribution is -2.54. The van der Waals surface area contributed by atoms with Crippen molar-refractivity contribution in [3.63, 3.8) is 0 Å². The third-order valence-electron chi connectivity index (χ3n) is 5.21. The maximum atomic E-state index is 13.5. The van der Waals surface area contributed by atoms with Crippen molar-refractivity contribution >= 4 is 33.0 Å². The average Bonchev–Trinajstić information content (AvgIpc) is 2.65. The molecule has 1 aliphatic rings. The van der Waals surface area contributed by atoms with E-state index in [0.717, 1.165) is 12.1 Å². The molecule has 3 rings (SSSR count). The summed E-state index contributed by atoms with van der Waals surface area (Å²) in [7, 11) is -3.99. The van der Waals surface area contributed by atoms with E-state index >= 15 is 0 Å². The van der Waals surface area contributed by atoms with Gasteiger partial charge in [0, 0.05) is 42.6 Å². The minimum atomic E-state index is -4.74. The molecule has 0 radical (unpaired) electrons. The second-order valence-corrected chi connectivity index (χ2v) is 11.4. The van der Waals surface area contributed by atoms with Crippen LogP contribution in [0.1, 0.15) is 33.3 Å². The highest BCUT2D eigenvalue weighted by molar-refractivity contribution is 7.89. The molecule has 1 saturated heterocycles. The van der Waals surface area contributed by atoms with Crippen LogP contribution in [-0.2, 0) is 16.2 Å². The van der Waals surface area contributed by atoms with E-state index in [1.54, 1.807) is 13.0 Å². The van der Waals surface area contributed by atoms with Gasteiger partial charge in [-0.1, -0.05) is 11.6 Å². The van der Waals surface area contributed by atoms with Crippen LogP contribution in [0, 0.1) is 5.82 Å². The summed E-state index contributed by atoms with van der Waals surface area (Å²) < 4.78 is 81.6. The lowest BCUT2D eigenvalue weighted by molar-refractivity contribution is -0.137. The second kappa shape index (κ2) is 8.96. The molecule has 0 spiro atoms. The van der Waals surface area contributed by atoms with Crippen LogP contribution in [0.3, 0.4) is 0 Å². The summed E-state index contributed by atoms with van der Waals surface area (Å²) in [4.78, 5) is 1.36. The highest BCUT2D eigenvalue weighted by atomic mass is 35.5. The number of halogens is 5. The highest BCUT2D eigenvalue weighted by Gasteiger charge is 2.39. The van der Waals surface area contributed by atoms with Gasteiger partial charge < -0.3 is 10.2 Å². The second-order valence-electron chi connectivity index (χ2n) is 9.09. The summed E-state index contributed by atoms with van der Waals surface area (Å²) in [6, 6.07) is 6.44. The van der Waals surface area contributed by atoms with Gasteiger partial charge in [-0.25, -0.2) is 12.8 Å². The summed E-state index contributed by atoms with van der Waals surface area (Å²) in [5.74, 6) is -0.987. The predicted octanol–water partition coefficient (Wildman–Crippen LogP) is 5.61. The predicted molar refractivity (Wildman–Crippen MR) is 122 cm³/mol. The molecular weight excluding hydrogens is 482 g/mol. The number of hydrogen-bond acceptors (Lipinski definition) is 4. The molecule has 0 amide bonds. The first kappa shape index (κ1) is 25.6. The van der Waals surface area contributed by atoms with Gasteiger partial charge in [0.15, 0.2) is 0 Å². The fourth-order valence-corrected chi connectivity index (χ4v) is 6.01. The van der Waals surface area contributed by atoms with E-state index in [9.17, 15) is 26.0 Å². The van der Waals surface area contributed by atoms with Gasteiger partial charge in [0.25, 0.3) is 0 Å². The third-order valence-corrected chi connectivity index (χ3v) is 7.71. The lowest BCUT2D eigenvalue weighted by atomic mass is 10.1. The number of alkyl halides is 3. The number of sulfonamides is 1. The van der Waals surface area contributed by atoms with Crippen LogP contribution in [0.5, 0.6) is 0 Å². The fourth-order valence-electron chi connectivity index (χ4n) is 3.88. The quantitative estimate of drug-likeness (QED) is 0.547. The smallest absolute Gasteiger partial charge is 0.380 e. The van der Waals surface area contributed by atoms with Gasteiger partial charge in [-0.2, -0.15) is 17.5 Å². The van der Waals surface area contributed by atoms with E-state index < -0.39 is 33.6 Å². The van der Waals surface area contributed by atoms with E-state index in [4.69, 9.17) is 11.6 Å². The van der Waals surface area contributed by atoms with Crippen molar-refractivity contribution < 1.29 is 26.0 Å². The van der Waals surface area contributed by atoms with Crippen LogP contribution in [0.15, 0.2) is 41.3 Å². The molecule has 182 valence electrons. The monoisotopic (exact) mass is 507 g/mol. The first-order valence-electron chi connectivity index (χ1n) is 10.3. The normalized spacial score (nSPS) is 18.5. The molecule has 2 aromatic carbocycles. The zero-order valence-electron chi connectivity index (χ0n) is 18.7. The first-order valence-corrected chi connectivity index (χ1v) is 12.1. The molecule has 0 unspecified atom stereocenters. The zero-order chi connectivity index (χ0) is 24.8. The highest BCUT2D eigenvalue weighted by Crippen LogP contribution is 2.38. The van der Waals surface area contributed by atoms with Crippen LogP contribution in [0.4, 0.5) is 28.9 Å². The van der Waals surface area contributed by atoms with Gasteiger partial charge in [0.05, 0.1) is 10.6 Å². The Hall–Kier alpha value is -2.04. The third kappa shape index (κ3) is 5.73. The van der Waals surface area contributed by atoms with Crippen LogP contribution in [0.25, 0.3) is 0 Å². The molecular formula is C22H26ClF4N3O2S. The SMILES string of the molecule is C[C@@H]1CN(c2ccc(F)cc2C(F)(F)F)CCN1S(=O)(=O)c1ccc(NC(C)(C)C)cc1Cl. The molecule has 1 heterocycles. The number of piperazine rings is 1. The van der Waals surface area contributed by atoms with Crippen molar-refractivity contribution in [2.45, 2.75) is 50.3 Å². The van der Waals surface area contributed by atoms with E-state index in [2.05, 4.69) is 5.32 Å². The van der Waals surface area contributed by atoms with Crippen LogP contribution in [-0.4, -0.2) is 43.9 Å². The average molecular weight is 508 g/mol. The molecule has 0 bridgehead atoms. The molecule has 0 aromatic heterocycles. The number of nitrogens with one attached hydrogen (secondary N) is 1. The molecule has 5 nitrogen and oxygen atoms in total. The summed E-state index contributed by atoms with van der Waals surface area (Å²) in [5, 5.41) is 3.27. The Morgan fingerprint density at radius 3 is 2.27 bits per heavy atom. The molecule has 0 aliphatic carbocycles. The minimum absolute atomic E-state index is 0.00915. The van der Waals surface area contributed by atoms with Gasteiger partial charge >= 0.3 is 6.18 Å². The summed E-state index contributed by atoms with van der Waals surface area (Å²) >= 11 is 6.30. The first-order chi connectivity index (χ1) is 15.1. The number of rotatable bonds is 4. The Labute approximate surface area is 196 Å². The van der Waals surface area contributed by atoms with Crippen molar-refractivity contribution in [2.75, 3.05) is 29.9 Å². The number of benzene rings is 2. The summed E-state index contributed by atoms with van der Waals surface area (Å²) in [6.07, 6.45) is -4.74. The Kier molecular flexibility index (Phi) is 6.94. The van der Waals surface area contributed by atoms with Crippen molar-refractivity contribution in [3.05, 3.63) is 52.8 Å². The Bertz CT molecular complexity index is 1130. The van der Waals surface area contributed by atoms with Crippen molar-refractivity contribution in [3.8, 4) is 0 Å². The molecule has 11 heteroatoms. The van der Waals surface area contributed by atoms with Crippen LogP contribution >= 0.6 is 11.6 Å². The van der Waals surface area contributed by atoms with Crippen molar-refractivity contribution in [1.82, 2.24) is 4.31 Å². The van der Waals surface area contributed by atoms with Crippen LogP contribution < -0.4 is 10.2 Å². The van der Waals surface area contributed by atoms with E-state index in [0.29, 0.717) is 11.8 Å². The fraction of sp³-hybridized carbons (Fsp3) is 0.455. The summed E-state index contributed by atoms with van der Waals surface area (Å²) in [5.41, 5.74) is -0.843. The number of anilines is 2. The van der Waals surface area contributed by atoms with Gasteiger partial charge in [-0.05, 0) is 64.1 Å². The molecule has 1 N–H and O–H groups in total. The Morgan fingerprint density at radius 2 is 1.73 bits per heavy atom. The Balaban J connectivity index is 1.84. The van der Waals surface area contributed by atoms with Gasteiger partial charge in [-0.3, -0.25) is 0 Å². The van der Waals surface area contributed by atoms with Gasteiger partial charge in [0.1, 0.15) is 10.7 Å².